The van der Waals surface area contributed by atoms with Crippen LogP contribution in [0.1, 0.15) is 11.1 Å². The number of carbonyl (C=O) groups is 3. The Morgan fingerprint density at radius 3 is 2.52 bits per heavy atom. The van der Waals surface area contributed by atoms with E-state index in [1.807, 2.05) is 6.92 Å². The number of imide groups is 2. The number of hydrogen-bond donors (Lipinski definition) is 1. The molecule has 27 heavy (non-hydrogen) atoms. The molecular weight excluding hydrogens is 527 g/mol. The largest absolute Gasteiger partial charge is 0.496 e. The van der Waals surface area contributed by atoms with Gasteiger partial charge in [0.25, 0.3) is 11.8 Å². The monoisotopic (exact) mass is 540 g/mol. The highest BCUT2D eigenvalue weighted by molar-refractivity contribution is 14.1. The summed E-state index contributed by atoms with van der Waals surface area (Å²) >= 11 is 5.49. The fourth-order valence-electron chi connectivity index (χ4n) is 2.60. The van der Waals surface area contributed by atoms with Crippen LogP contribution in [0.25, 0.3) is 6.08 Å². The minimum absolute atomic E-state index is 0.115. The average molecular weight is 541 g/mol. The highest BCUT2D eigenvalue weighted by Crippen LogP contribution is 2.27. The molecule has 3 rings (SSSR count). The third-order valence-corrected chi connectivity index (χ3v) is 5.72. The number of anilines is 1. The van der Waals surface area contributed by atoms with Crippen molar-refractivity contribution < 1.29 is 19.1 Å². The standard InChI is InChI=1S/C19H14BrIN2O4/c1-10-7-12(4-5-14(10)20)23-18(25)13(17(24)22-19(23)26)8-11-3-6-16(27-2)15(21)9-11/h3-9H,1-2H3,(H,22,24,26)/b13-8+. The number of urea groups is 1. The number of benzene rings is 2. The summed E-state index contributed by atoms with van der Waals surface area (Å²) < 4.78 is 6.91. The number of ether oxygens (including phenoxy) is 1. The Labute approximate surface area is 177 Å². The number of nitrogens with one attached hydrogen (secondary N) is 1. The lowest BCUT2D eigenvalue weighted by atomic mass is 10.1. The predicted molar refractivity (Wildman–Crippen MR) is 114 cm³/mol. The zero-order valence-electron chi connectivity index (χ0n) is 14.4. The number of rotatable bonds is 3. The van der Waals surface area contributed by atoms with Crippen molar-refractivity contribution in [2.45, 2.75) is 6.92 Å². The van der Waals surface area contributed by atoms with E-state index in [1.54, 1.807) is 43.5 Å². The van der Waals surface area contributed by atoms with Gasteiger partial charge in [0.2, 0.25) is 0 Å². The molecular formula is C19H14BrIN2O4. The fraction of sp³-hybridized carbons (Fsp3) is 0.105. The maximum atomic E-state index is 12.9. The molecule has 1 saturated heterocycles. The highest BCUT2D eigenvalue weighted by Gasteiger charge is 2.36. The highest BCUT2D eigenvalue weighted by atomic mass is 127. The molecule has 1 aliphatic heterocycles. The first-order chi connectivity index (χ1) is 12.8. The summed E-state index contributed by atoms with van der Waals surface area (Å²) in [5, 5.41) is 2.22. The minimum atomic E-state index is -0.770. The molecule has 1 N–H and O–H groups in total. The first-order valence-electron chi connectivity index (χ1n) is 7.83. The fourth-order valence-corrected chi connectivity index (χ4v) is 3.61. The molecule has 1 fully saturated rings. The Balaban J connectivity index is 2.01. The number of halogens is 2. The molecule has 0 saturated carbocycles. The summed E-state index contributed by atoms with van der Waals surface area (Å²) in [5.41, 5.74) is 1.79. The molecule has 0 spiro atoms. The molecule has 8 heteroatoms. The van der Waals surface area contributed by atoms with Gasteiger partial charge >= 0.3 is 6.03 Å². The molecule has 1 aliphatic rings. The number of aryl methyl sites for hydroxylation is 1. The van der Waals surface area contributed by atoms with Crippen LogP contribution in [-0.2, 0) is 9.59 Å². The lowest BCUT2D eigenvalue weighted by Gasteiger charge is -2.26. The second kappa shape index (κ2) is 7.81. The molecule has 0 atom stereocenters. The van der Waals surface area contributed by atoms with Gasteiger partial charge in [-0.05, 0) is 77.0 Å². The summed E-state index contributed by atoms with van der Waals surface area (Å²) in [4.78, 5) is 38.4. The summed E-state index contributed by atoms with van der Waals surface area (Å²) in [6, 6.07) is 9.59. The molecule has 1 heterocycles. The average Bonchev–Trinajstić information content (AvgIpc) is 2.61. The number of methoxy groups -OCH3 is 1. The number of nitrogens with zero attached hydrogens (tertiary/aromatic N) is 1. The van der Waals surface area contributed by atoms with Crippen molar-refractivity contribution in [1.29, 1.82) is 0 Å². The van der Waals surface area contributed by atoms with E-state index in [2.05, 4.69) is 43.8 Å². The first kappa shape index (κ1) is 19.6. The van der Waals surface area contributed by atoms with Crippen molar-refractivity contribution in [3.05, 3.63) is 61.1 Å². The van der Waals surface area contributed by atoms with Crippen LogP contribution in [-0.4, -0.2) is 25.0 Å². The SMILES string of the molecule is COc1ccc(/C=C2\C(=O)NC(=O)N(c3ccc(Br)c(C)c3)C2=O)cc1I. The molecule has 2 aromatic rings. The van der Waals surface area contributed by atoms with Gasteiger partial charge in [-0.2, -0.15) is 0 Å². The Hall–Kier alpha value is -2.20. The maximum Gasteiger partial charge on any atom is 0.335 e. The van der Waals surface area contributed by atoms with E-state index in [4.69, 9.17) is 4.74 Å². The molecule has 0 unspecified atom stereocenters. The molecule has 2 aromatic carbocycles. The maximum absolute atomic E-state index is 12.9. The lowest BCUT2D eigenvalue weighted by Crippen LogP contribution is -2.54. The van der Waals surface area contributed by atoms with Crippen LogP contribution >= 0.6 is 38.5 Å². The van der Waals surface area contributed by atoms with E-state index >= 15 is 0 Å². The van der Waals surface area contributed by atoms with Gasteiger partial charge in [0.15, 0.2) is 0 Å². The van der Waals surface area contributed by atoms with E-state index < -0.39 is 17.8 Å². The molecule has 6 nitrogen and oxygen atoms in total. The Morgan fingerprint density at radius 1 is 1.15 bits per heavy atom. The van der Waals surface area contributed by atoms with Crippen molar-refractivity contribution in [3.8, 4) is 5.75 Å². The van der Waals surface area contributed by atoms with Gasteiger partial charge in [-0.1, -0.05) is 22.0 Å². The molecule has 138 valence electrons. The number of carbonyl (C=O) groups excluding carboxylic acids is 3. The van der Waals surface area contributed by atoms with Crippen LogP contribution in [0.5, 0.6) is 5.75 Å². The topological polar surface area (TPSA) is 75.7 Å². The Kier molecular flexibility index (Phi) is 5.66. The summed E-state index contributed by atoms with van der Waals surface area (Å²) in [7, 11) is 1.57. The summed E-state index contributed by atoms with van der Waals surface area (Å²) in [5.74, 6) is -0.698. The minimum Gasteiger partial charge on any atom is -0.496 e. The third kappa shape index (κ3) is 3.91. The molecule has 0 radical (unpaired) electrons. The van der Waals surface area contributed by atoms with Crippen LogP contribution < -0.4 is 15.0 Å². The normalized spacial score (nSPS) is 15.9. The summed E-state index contributed by atoms with van der Waals surface area (Å²) in [6.07, 6.45) is 1.46. The first-order valence-corrected chi connectivity index (χ1v) is 9.70. The van der Waals surface area contributed by atoms with Crippen molar-refractivity contribution in [2.75, 3.05) is 12.0 Å². The van der Waals surface area contributed by atoms with E-state index in [9.17, 15) is 14.4 Å². The smallest absolute Gasteiger partial charge is 0.335 e. The number of hydrogen-bond acceptors (Lipinski definition) is 4. The van der Waals surface area contributed by atoms with Crippen LogP contribution in [0.2, 0.25) is 0 Å². The molecule has 0 aliphatic carbocycles. The zero-order chi connectivity index (χ0) is 19.7. The van der Waals surface area contributed by atoms with Gasteiger partial charge in [-0.15, -0.1) is 0 Å². The second-order valence-corrected chi connectivity index (χ2v) is 7.80. The zero-order valence-corrected chi connectivity index (χ0v) is 18.1. The molecule has 4 amide bonds. The van der Waals surface area contributed by atoms with Gasteiger partial charge in [0.1, 0.15) is 11.3 Å². The van der Waals surface area contributed by atoms with Crippen LogP contribution in [0.3, 0.4) is 0 Å². The Morgan fingerprint density at radius 2 is 1.89 bits per heavy atom. The van der Waals surface area contributed by atoms with Crippen molar-refractivity contribution >= 4 is 68.1 Å². The van der Waals surface area contributed by atoms with Crippen LogP contribution in [0.15, 0.2) is 46.4 Å². The number of amides is 4. The molecule has 0 bridgehead atoms. The Bertz CT molecular complexity index is 1000. The quantitative estimate of drug-likeness (QED) is 0.362. The second-order valence-electron chi connectivity index (χ2n) is 5.79. The summed E-state index contributed by atoms with van der Waals surface area (Å²) in [6.45, 7) is 1.85. The van der Waals surface area contributed by atoms with Crippen LogP contribution in [0.4, 0.5) is 10.5 Å². The third-order valence-electron chi connectivity index (χ3n) is 3.99. The predicted octanol–water partition coefficient (Wildman–Crippen LogP) is 4.04. The van der Waals surface area contributed by atoms with Crippen molar-refractivity contribution in [2.24, 2.45) is 0 Å². The van der Waals surface area contributed by atoms with Crippen molar-refractivity contribution in [3.63, 3.8) is 0 Å². The van der Waals surface area contributed by atoms with E-state index in [0.29, 0.717) is 17.0 Å². The van der Waals surface area contributed by atoms with E-state index in [1.165, 1.54) is 6.08 Å². The van der Waals surface area contributed by atoms with Gasteiger partial charge < -0.3 is 4.74 Å². The molecule has 0 aromatic heterocycles. The lowest BCUT2D eigenvalue weighted by molar-refractivity contribution is -0.122. The van der Waals surface area contributed by atoms with Gasteiger partial charge in [0, 0.05) is 4.47 Å². The van der Waals surface area contributed by atoms with Gasteiger partial charge in [-0.25, -0.2) is 9.69 Å². The van der Waals surface area contributed by atoms with Crippen LogP contribution in [0, 0.1) is 10.5 Å². The van der Waals surface area contributed by atoms with Crippen molar-refractivity contribution in [1.82, 2.24) is 5.32 Å². The van der Waals surface area contributed by atoms with Gasteiger partial charge in [0.05, 0.1) is 16.4 Å². The van der Waals surface area contributed by atoms with Gasteiger partial charge in [-0.3, -0.25) is 14.9 Å². The van der Waals surface area contributed by atoms with E-state index in [-0.39, 0.29) is 5.57 Å². The van der Waals surface area contributed by atoms with E-state index in [0.717, 1.165) is 18.5 Å². The number of barbiturate groups is 1.